The van der Waals surface area contributed by atoms with Crippen LogP contribution < -0.4 is 4.74 Å². The molecule has 5 heteroatoms. The molecular weight excluding hydrogens is 264 g/mol. The van der Waals surface area contributed by atoms with Gasteiger partial charge in [0, 0.05) is 12.3 Å². The first kappa shape index (κ1) is 13.4. The monoisotopic (exact) mass is 278 g/mol. The number of hydrogen-bond donors (Lipinski definition) is 1. The molecule has 0 amide bonds. The molecule has 0 aliphatic rings. The summed E-state index contributed by atoms with van der Waals surface area (Å²) in [7, 11) is -1.68. The number of sulfone groups is 1. The fourth-order valence-corrected chi connectivity index (χ4v) is 2.39. The Morgan fingerprint density at radius 3 is 2.16 bits per heavy atom. The number of phenolic OH excluding ortho intramolecular Hbond substituents is 1. The van der Waals surface area contributed by atoms with E-state index in [1.807, 2.05) is 0 Å². The van der Waals surface area contributed by atoms with Gasteiger partial charge in [-0.3, -0.25) is 0 Å². The Morgan fingerprint density at radius 2 is 1.63 bits per heavy atom. The number of hydrogen-bond acceptors (Lipinski definition) is 4. The van der Waals surface area contributed by atoms with Gasteiger partial charge in [-0.15, -0.1) is 0 Å². The fraction of sp³-hybridized carbons (Fsp3) is 0.143. The van der Waals surface area contributed by atoms with E-state index in [0.717, 1.165) is 11.1 Å². The van der Waals surface area contributed by atoms with E-state index in [2.05, 4.69) is 0 Å². The smallest absolute Gasteiger partial charge is 0.175 e. The number of rotatable bonds is 3. The van der Waals surface area contributed by atoms with Gasteiger partial charge in [0.1, 0.15) is 11.5 Å². The second-order valence-electron chi connectivity index (χ2n) is 4.22. The summed E-state index contributed by atoms with van der Waals surface area (Å²) in [6.07, 6.45) is 1.17. The van der Waals surface area contributed by atoms with Gasteiger partial charge in [0.2, 0.25) is 0 Å². The van der Waals surface area contributed by atoms with E-state index in [1.165, 1.54) is 19.4 Å². The van der Waals surface area contributed by atoms with Crippen LogP contribution in [-0.4, -0.2) is 26.9 Å². The molecule has 0 spiro atoms. The van der Waals surface area contributed by atoms with Gasteiger partial charge in [-0.05, 0) is 35.4 Å². The predicted octanol–water partition coefficient (Wildman–Crippen LogP) is 2.47. The van der Waals surface area contributed by atoms with Crippen LogP contribution in [0.5, 0.6) is 11.5 Å². The molecule has 0 fully saturated rings. The number of methoxy groups -OCH3 is 1. The summed E-state index contributed by atoms with van der Waals surface area (Å²) in [5.41, 5.74) is 1.57. The van der Waals surface area contributed by atoms with Crippen molar-refractivity contribution >= 4 is 9.84 Å². The van der Waals surface area contributed by atoms with Crippen LogP contribution >= 0.6 is 0 Å². The Hall–Kier alpha value is -2.01. The standard InChI is InChI=1S/C14H14O4S/c1-18-13-8-11(7-12(15)9-13)10-3-5-14(6-4-10)19(2,16)17/h3-9,15H,1-2H3. The van der Waals surface area contributed by atoms with Gasteiger partial charge in [-0.25, -0.2) is 8.42 Å². The number of phenols is 1. The zero-order chi connectivity index (χ0) is 14.0. The zero-order valence-electron chi connectivity index (χ0n) is 10.6. The summed E-state index contributed by atoms with van der Waals surface area (Å²) in [6.45, 7) is 0. The Bertz CT molecular complexity index is 688. The zero-order valence-corrected chi connectivity index (χ0v) is 11.4. The summed E-state index contributed by atoms with van der Waals surface area (Å²) >= 11 is 0. The Kier molecular flexibility index (Phi) is 3.48. The van der Waals surface area contributed by atoms with Crippen molar-refractivity contribution in [2.75, 3.05) is 13.4 Å². The molecule has 100 valence electrons. The van der Waals surface area contributed by atoms with Crippen molar-refractivity contribution in [1.29, 1.82) is 0 Å². The van der Waals surface area contributed by atoms with E-state index < -0.39 is 9.84 Å². The molecule has 0 aliphatic heterocycles. The van der Waals surface area contributed by atoms with E-state index >= 15 is 0 Å². The van der Waals surface area contributed by atoms with E-state index in [-0.39, 0.29) is 10.6 Å². The second-order valence-corrected chi connectivity index (χ2v) is 6.23. The first-order chi connectivity index (χ1) is 8.90. The largest absolute Gasteiger partial charge is 0.508 e. The predicted molar refractivity (Wildman–Crippen MR) is 73.2 cm³/mol. The third-order valence-electron chi connectivity index (χ3n) is 2.74. The molecule has 0 saturated carbocycles. The number of benzene rings is 2. The van der Waals surface area contributed by atoms with Crippen molar-refractivity contribution in [1.82, 2.24) is 0 Å². The van der Waals surface area contributed by atoms with Crippen molar-refractivity contribution in [2.45, 2.75) is 4.90 Å². The van der Waals surface area contributed by atoms with Gasteiger partial charge in [-0.1, -0.05) is 12.1 Å². The second kappa shape index (κ2) is 4.93. The molecule has 0 aliphatic carbocycles. The molecule has 0 aromatic heterocycles. The van der Waals surface area contributed by atoms with Gasteiger partial charge in [-0.2, -0.15) is 0 Å². The van der Waals surface area contributed by atoms with E-state index in [4.69, 9.17) is 4.74 Å². The highest BCUT2D eigenvalue weighted by Gasteiger charge is 2.08. The molecule has 0 atom stereocenters. The van der Waals surface area contributed by atoms with Crippen LogP contribution in [0, 0.1) is 0 Å². The van der Waals surface area contributed by atoms with E-state index in [1.54, 1.807) is 36.4 Å². The van der Waals surface area contributed by atoms with Crippen molar-refractivity contribution in [3.8, 4) is 22.6 Å². The van der Waals surface area contributed by atoms with Crippen LogP contribution in [0.3, 0.4) is 0 Å². The highest BCUT2D eigenvalue weighted by Crippen LogP contribution is 2.29. The molecule has 2 aromatic carbocycles. The minimum atomic E-state index is -3.20. The minimum absolute atomic E-state index is 0.0986. The third-order valence-corrected chi connectivity index (χ3v) is 3.87. The first-order valence-corrected chi connectivity index (χ1v) is 7.48. The molecule has 0 bridgehead atoms. The van der Waals surface area contributed by atoms with Crippen LogP contribution in [0.15, 0.2) is 47.4 Å². The third kappa shape index (κ3) is 3.06. The average molecular weight is 278 g/mol. The summed E-state index contributed by atoms with van der Waals surface area (Å²) in [6, 6.07) is 11.4. The molecule has 0 saturated heterocycles. The van der Waals surface area contributed by atoms with E-state index in [9.17, 15) is 13.5 Å². The lowest BCUT2D eigenvalue weighted by Gasteiger charge is -2.07. The van der Waals surface area contributed by atoms with Gasteiger partial charge in [0.15, 0.2) is 9.84 Å². The number of ether oxygens (including phenoxy) is 1. The molecule has 0 heterocycles. The maximum Gasteiger partial charge on any atom is 0.175 e. The molecule has 19 heavy (non-hydrogen) atoms. The lowest BCUT2D eigenvalue weighted by molar-refractivity contribution is 0.408. The normalized spacial score (nSPS) is 11.3. The van der Waals surface area contributed by atoms with Crippen molar-refractivity contribution in [3.05, 3.63) is 42.5 Å². The molecule has 2 rings (SSSR count). The van der Waals surface area contributed by atoms with Crippen LogP contribution in [-0.2, 0) is 9.84 Å². The maximum atomic E-state index is 11.4. The summed E-state index contributed by atoms with van der Waals surface area (Å²) in [5.74, 6) is 0.642. The lowest BCUT2D eigenvalue weighted by atomic mass is 10.1. The lowest BCUT2D eigenvalue weighted by Crippen LogP contribution is -1.96. The van der Waals surface area contributed by atoms with Crippen LogP contribution in [0.4, 0.5) is 0 Å². The van der Waals surface area contributed by atoms with Crippen molar-refractivity contribution < 1.29 is 18.3 Å². The molecule has 0 unspecified atom stereocenters. The van der Waals surface area contributed by atoms with Gasteiger partial charge < -0.3 is 9.84 Å². The summed E-state index contributed by atoms with van der Waals surface area (Å²) < 4.78 is 27.8. The highest BCUT2D eigenvalue weighted by molar-refractivity contribution is 7.90. The Morgan fingerprint density at radius 1 is 1.00 bits per heavy atom. The topological polar surface area (TPSA) is 63.6 Å². The number of aromatic hydroxyl groups is 1. The molecule has 2 aromatic rings. The SMILES string of the molecule is COc1cc(O)cc(-c2ccc(S(C)(=O)=O)cc2)c1. The first-order valence-electron chi connectivity index (χ1n) is 5.59. The Labute approximate surface area is 112 Å². The quantitative estimate of drug-likeness (QED) is 0.936. The van der Waals surface area contributed by atoms with Crippen molar-refractivity contribution in [2.24, 2.45) is 0 Å². The maximum absolute atomic E-state index is 11.4. The van der Waals surface area contributed by atoms with Crippen LogP contribution in [0.2, 0.25) is 0 Å². The highest BCUT2D eigenvalue weighted by atomic mass is 32.2. The molecule has 4 nitrogen and oxygen atoms in total. The van der Waals surface area contributed by atoms with Gasteiger partial charge >= 0.3 is 0 Å². The van der Waals surface area contributed by atoms with E-state index in [0.29, 0.717) is 5.75 Å². The van der Waals surface area contributed by atoms with Gasteiger partial charge in [0.05, 0.1) is 12.0 Å². The van der Waals surface area contributed by atoms with Crippen LogP contribution in [0.1, 0.15) is 0 Å². The Balaban J connectivity index is 2.45. The van der Waals surface area contributed by atoms with Crippen LogP contribution in [0.25, 0.3) is 11.1 Å². The molecule has 0 radical (unpaired) electrons. The summed E-state index contributed by atoms with van der Waals surface area (Å²) in [5, 5.41) is 9.59. The average Bonchev–Trinajstić information content (AvgIpc) is 2.37. The molecule has 1 N–H and O–H groups in total. The van der Waals surface area contributed by atoms with Crippen molar-refractivity contribution in [3.63, 3.8) is 0 Å². The minimum Gasteiger partial charge on any atom is -0.508 e. The fourth-order valence-electron chi connectivity index (χ4n) is 1.76. The van der Waals surface area contributed by atoms with Gasteiger partial charge in [0.25, 0.3) is 0 Å². The molecular formula is C14H14O4S. The summed E-state index contributed by atoms with van der Waals surface area (Å²) in [4.78, 5) is 0.267.